The Hall–Kier alpha value is -3.05. The summed E-state index contributed by atoms with van der Waals surface area (Å²) in [6.45, 7) is 6.57. The van der Waals surface area contributed by atoms with E-state index in [9.17, 15) is 13.2 Å². The number of ether oxygens (including phenoxy) is 3. The Bertz CT molecular complexity index is 1080. The third-order valence-electron chi connectivity index (χ3n) is 5.15. The van der Waals surface area contributed by atoms with Gasteiger partial charge >= 0.3 is 6.36 Å². The monoisotopic (exact) mass is 465 g/mol. The predicted molar refractivity (Wildman–Crippen MR) is 116 cm³/mol. The SMILES string of the molecule is CC(C)c1cnc2c(NCc3ccccc3OC(F)(F)F)cc(OCC3CNCCO3)nn12. The first-order chi connectivity index (χ1) is 15.8. The molecular weight excluding hydrogens is 439 g/mol. The average molecular weight is 465 g/mol. The van der Waals surface area contributed by atoms with Crippen molar-refractivity contribution in [1.29, 1.82) is 0 Å². The highest BCUT2D eigenvalue weighted by Crippen LogP contribution is 2.29. The Kier molecular flexibility index (Phi) is 6.89. The van der Waals surface area contributed by atoms with Gasteiger partial charge in [-0.3, -0.25) is 0 Å². The lowest BCUT2D eigenvalue weighted by Gasteiger charge is -2.23. The number of rotatable bonds is 8. The van der Waals surface area contributed by atoms with Crippen LogP contribution in [0.2, 0.25) is 0 Å². The van der Waals surface area contributed by atoms with Crippen LogP contribution in [0.5, 0.6) is 11.6 Å². The number of para-hydroxylation sites is 1. The van der Waals surface area contributed by atoms with Crippen molar-refractivity contribution in [2.45, 2.75) is 38.8 Å². The molecule has 1 fully saturated rings. The number of hydrogen-bond acceptors (Lipinski definition) is 7. The van der Waals surface area contributed by atoms with Crippen molar-refractivity contribution < 1.29 is 27.4 Å². The molecule has 1 unspecified atom stereocenters. The normalized spacial score (nSPS) is 16.8. The Morgan fingerprint density at radius 1 is 1.30 bits per heavy atom. The second-order valence-corrected chi connectivity index (χ2v) is 7.99. The summed E-state index contributed by atoms with van der Waals surface area (Å²) in [4.78, 5) is 4.46. The number of alkyl halides is 3. The Labute approximate surface area is 189 Å². The van der Waals surface area contributed by atoms with Crippen LogP contribution in [0.3, 0.4) is 0 Å². The number of benzene rings is 1. The summed E-state index contributed by atoms with van der Waals surface area (Å²) in [5.74, 6) is 0.258. The first-order valence-corrected chi connectivity index (χ1v) is 10.7. The van der Waals surface area contributed by atoms with Crippen LogP contribution in [0.15, 0.2) is 36.5 Å². The topological polar surface area (TPSA) is 81.9 Å². The number of nitrogens with zero attached hydrogens (tertiary/aromatic N) is 3. The van der Waals surface area contributed by atoms with E-state index in [-0.39, 0.29) is 24.3 Å². The second-order valence-electron chi connectivity index (χ2n) is 7.99. The molecule has 4 rings (SSSR count). The zero-order valence-electron chi connectivity index (χ0n) is 18.4. The number of fused-ring (bicyclic) bond motifs is 1. The minimum absolute atomic E-state index is 0.0882. The van der Waals surface area contributed by atoms with Crippen molar-refractivity contribution in [3.63, 3.8) is 0 Å². The maximum Gasteiger partial charge on any atom is 0.573 e. The van der Waals surface area contributed by atoms with Crippen LogP contribution < -0.4 is 20.1 Å². The first-order valence-electron chi connectivity index (χ1n) is 10.7. The Morgan fingerprint density at radius 3 is 2.85 bits per heavy atom. The molecule has 0 spiro atoms. The number of imidazole rings is 1. The summed E-state index contributed by atoms with van der Waals surface area (Å²) in [6.07, 6.45) is -3.13. The number of hydrogen-bond donors (Lipinski definition) is 2. The zero-order valence-corrected chi connectivity index (χ0v) is 18.4. The van der Waals surface area contributed by atoms with E-state index in [1.165, 1.54) is 12.1 Å². The number of halogens is 3. The van der Waals surface area contributed by atoms with Gasteiger partial charge < -0.3 is 24.8 Å². The van der Waals surface area contributed by atoms with Crippen molar-refractivity contribution in [3.8, 4) is 11.6 Å². The molecule has 1 saturated heterocycles. The van der Waals surface area contributed by atoms with Crippen LogP contribution in [-0.2, 0) is 11.3 Å². The van der Waals surface area contributed by atoms with Crippen LogP contribution in [0.1, 0.15) is 31.0 Å². The molecule has 0 bridgehead atoms. The third-order valence-corrected chi connectivity index (χ3v) is 5.15. The standard InChI is InChI=1S/C22H26F3N5O3/c1-14(2)18-12-28-21-17(27-10-15-5-3-4-6-19(15)33-22(23,24)25)9-20(29-30(18)21)32-13-16-11-26-7-8-31-16/h3-6,9,12,14,16,26-27H,7-8,10-11,13H2,1-2H3. The lowest BCUT2D eigenvalue weighted by Crippen LogP contribution is -2.41. The van der Waals surface area contributed by atoms with Crippen LogP contribution in [0, 0.1) is 0 Å². The van der Waals surface area contributed by atoms with Crippen molar-refractivity contribution >= 4 is 11.3 Å². The average Bonchev–Trinajstić information content (AvgIpc) is 3.21. The number of nitrogens with one attached hydrogen (secondary N) is 2. The molecule has 1 aliphatic rings. The van der Waals surface area contributed by atoms with E-state index in [1.807, 2.05) is 13.8 Å². The molecule has 3 aromatic rings. The zero-order chi connectivity index (χ0) is 23.4. The van der Waals surface area contributed by atoms with Crippen molar-refractivity contribution in [3.05, 3.63) is 47.8 Å². The minimum Gasteiger partial charge on any atom is -0.474 e. The fourth-order valence-electron chi connectivity index (χ4n) is 3.53. The molecule has 1 aliphatic heterocycles. The van der Waals surface area contributed by atoms with E-state index in [4.69, 9.17) is 9.47 Å². The molecule has 1 aromatic carbocycles. The fourth-order valence-corrected chi connectivity index (χ4v) is 3.53. The molecule has 1 atom stereocenters. The lowest BCUT2D eigenvalue weighted by atomic mass is 10.1. The minimum atomic E-state index is -4.77. The number of aromatic nitrogens is 3. The first kappa shape index (κ1) is 23.1. The molecule has 2 aromatic heterocycles. The van der Waals surface area contributed by atoms with Gasteiger partial charge in [0.15, 0.2) is 5.65 Å². The molecule has 178 valence electrons. The summed E-state index contributed by atoms with van der Waals surface area (Å²) in [7, 11) is 0. The summed E-state index contributed by atoms with van der Waals surface area (Å²) in [6, 6.07) is 7.69. The summed E-state index contributed by atoms with van der Waals surface area (Å²) in [5.41, 5.74) is 2.37. The summed E-state index contributed by atoms with van der Waals surface area (Å²) >= 11 is 0. The van der Waals surface area contributed by atoms with Crippen molar-refractivity contribution in [2.24, 2.45) is 0 Å². The van der Waals surface area contributed by atoms with Gasteiger partial charge in [-0.1, -0.05) is 32.0 Å². The highest BCUT2D eigenvalue weighted by Gasteiger charge is 2.32. The highest BCUT2D eigenvalue weighted by atomic mass is 19.4. The van der Waals surface area contributed by atoms with Gasteiger partial charge in [0.05, 0.1) is 24.2 Å². The number of anilines is 1. The van der Waals surface area contributed by atoms with Crippen LogP contribution in [0.4, 0.5) is 18.9 Å². The van der Waals surface area contributed by atoms with Gasteiger partial charge in [0.2, 0.25) is 5.88 Å². The summed E-state index contributed by atoms with van der Waals surface area (Å²) in [5, 5.41) is 11.0. The van der Waals surface area contributed by atoms with E-state index < -0.39 is 6.36 Å². The quantitative estimate of drug-likeness (QED) is 0.525. The Morgan fingerprint density at radius 2 is 2.12 bits per heavy atom. The Balaban J connectivity index is 1.58. The van der Waals surface area contributed by atoms with E-state index in [1.54, 1.807) is 28.9 Å². The molecule has 0 aliphatic carbocycles. The molecule has 0 amide bonds. The molecular formula is C22H26F3N5O3. The lowest BCUT2D eigenvalue weighted by molar-refractivity contribution is -0.274. The van der Waals surface area contributed by atoms with Gasteiger partial charge in [-0.25, -0.2) is 9.50 Å². The molecule has 0 radical (unpaired) electrons. The van der Waals surface area contributed by atoms with Crippen LogP contribution >= 0.6 is 0 Å². The van der Waals surface area contributed by atoms with Gasteiger partial charge in [0, 0.05) is 31.3 Å². The molecule has 8 nitrogen and oxygen atoms in total. The van der Waals surface area contributed by atoms with Gasteiger partial charge in [-0.05, 0) is 12.0 Å². The second kappa shape index (κ2) is 9.84. The molecule has 33 heavy (non-hydrogen) atoms. The van der Waals surface area contributed by atoms with Crippen molar-refractivity contribution in [1.82, 2.24) is 19.9 Å². The van der Waals surface area contributed by atoms with Crippen LogP contribution in [-0.4, -0.2) is 53.4 Å². The van der Waals surface area contributed by atoms with E-state index in [0.29, 0.717) is 42.5 Å². The molecule has 3 heterocycles. The number of morpholine rings is 1. The van der Waals surface area contributed by atoms with E-state index in [0.717, 1.165) is 12.2 Å². The van der Waals surface area contributed by atoms with Gasteiger partial charge in [0.1, 0.15) is 18.5 Å². The predicted octanol–water partition coefficient (Wildman–Crippen LogP) is 3.73. The van der Waals surface area contributed by atoms with Gasteiger partial charge in [-0.2, -0.15) is 0 Å². The maximum atomic E-state index is 12.8. The van der Waals surface area contributed by atoms with E-state index in [2.05, 4.69) is 25.5 Å². The smallest absolute Gasteiger partial charge is 0.474 e. The molecule has 2 N–H and O–H groups in total. The van der Waals surface area contributed by atoms with Gasteiger partial charge in [-0.15, -0.1) is 18.3 Å². The van der Waals surface area contributed by atoms with Gasteiger partial charge in [0.25, 0.3) is 0 Å². The van der Waals surface area contributed by atoms with Crippen LogP contribution in [0.25, 0.3) is 5.65 Å². The maximum absolute atomic E-state index is 12.8. The molecule has 0 saturated carbocycles. The third kappa shape index (κ3) is 5.85. The van der Waals surface area contributed by atoms with Crippen molar-refractivity contribution in [2.75, 3.05) is 31.6 Å². The largest absolute Gasteiger partial charge is 0.573 e. The molecule has 11 heteroatoms. The fraction of sp³-hybridized carbons (Fsp3) is 0.455. The summed E-state index contributed by atoms with van der Waals surface area (Å²) < 4.78 is 55.7. The van der Waals surface area contributed by atoms with E-state index >= 15 is 0 Å². The highest BCUT2D eigenvalue weighted by molar-refractivity contribution is 5.69.